The fourth-order valence-corrected chi connectivity index (χ4v) is 3.15. The van der Waals surface area contributed by atoms with Gasteiger partial charge >= 0.3 is 0 Å². The minimum absolute atomic E-state index is 0.117. The lowest BCUT2D eigenvalue weighted by atomic mass is 10.3. The molecule has 0 radical (unpaired) electrons. The number of hydrogen-bond donors (Lipinski definition) is 2. The molecule has 134 valence electrons. The number of thiocarbonyl (C=S) groups is 1. The quantitative estimate of drug-likeness (QED) is 0.795. The lowest BCUT2D eigenvalue weighted by Crippen LogP contribution is -2.53. The number of piperazine rings is 1. The van der Waals surface area contributed by atoms with E-state index in [1.807, 2.05) is 49.0 Å². The zero-order valence-corrected chi connectivity index (χ0v) is 15.6. The minimum atomic E-state index is -0.117. The van der Waals surface area contributed by atoms with Gasteiger partial charge in [0.15, 0.2) is 5.11 Å². The lowest BCUT2D eigenvalue weighted by Gasteiger charge is -2.33. The molecule has 25 heavy (non-hydrogen) atoms. The summed E-state index contributed by atoms with van der Waals surface area (Å²) < 4.78 is 3.47. The summed E-state index contributed by atoms with van der Waals surface area (Å²) in [5.74, 6) is 0. The summed E-state index contributed by atoms with van der Waals surface area (Å²) in [6.45, 7) is 5.66. The minimum Gasteiger partial charge on any atom is -0.326 e. The first-order valence-corrected chi connectivity index (χ1v) is 8.73. The van der Waals surface area contributed by atoms with Crippen molar-refractivity contribution < 1.29 is 0 Å². The van der Waals surface area contributed by atoms with E-state index in [0.717, 1.165) is 37.6 Å². The average Bonchev–Trinajstić information content (AvgIpc) is 2.81. The summed E-state index contributed by atoms with van der Waals surface area (Å²) in [6, 6.07) is 9.57. The highest BCUT2D eigenvalue weighted by molar-refractivity contribution is 7.80. The van der Waals surface area contributed by atoms with Crippen LogP contribution in [0.4, 0.5) is 5.69 Å². The van der Waals surface area contributed by atoms with Crippen LogP contribution in [0, 0.1) is 6.92 Å². The van der Waals surface area contributed by atoms with Crippen molar-refractivity contribution in [1.29, 1.82) is 0 Å². The topological polar surface area (TPSA) is 57.5 Å². The Bertz CT molecular complexity index is 805. The van der Waals surface area contributed by atoms with Gasteiger partial charge in [-0.3, -0.25) is 14.9 Å². The molecule has 2 heterocycles. The van der Waals surface area contributed by atoms with Crippen molar-refractivity contribution in [2.24, 2.45) is 7.05 Å². The molecule has 1 fully saturated rings. The van der Waals surface area contributed by atoms with E-state index in [0.29, 0.717) is 10.8 Å². The molecule has 1 aromatic carbocycles. The fourth-order valence-electron chi connectivity index (χ4n) is 2.92. The molecular weight excluding hydrogens is 336 g/mol. The zero-order valence-electron chi connectivity index (χ0n) is 14.8. The normalized spacial score (nSPS) is 16.0. The summed E-state index contributed by atoms with van der Waals surface area (Å²) in [5.41, 5.74) is 5.21. The number of anilines is 1. The van der Waals surface area contributed by atoms with Gasteiger partial charge in [-0.15, -0.1) is 0 Å². The molecule has 2 aromatic rings. The Kier molecular flexibility index (Phi) is 5.22. The van der Waals surface area contributed by atoms with Crippen molar-refractivity contribution in [3.63, 3.8) is 0 Å². The largest absolute Gasteiger partial charge is 0.326 e. The van der Waals surface area contributed by atoms with E-state index >= 15 is 0 Å². The maximum absolute atomic E-state index is 12.9. The predicted octanol–water partition coefficient (Wildman–Crippen LogP) is 0.933. The maximum atomic E-state index is 12.9. The number of nitrogens with one attached hydrogen (secondary N) is 2. The van der Waals surface area contributed by atoms with E-state index < -0.39 is 0 Å². The number of aromatic nitrogens is 2. The highest BCUT2D eigenvalue weighted by Gasteiger charge is 2.19. The third-order valence-electron chi connectivity index (χ3n) is 4.56. The highest BCUT2D eigenvalue weighted by atomic mass is 32.1. The van der Waals surface area contributed by atoms with Crippen molar-refractivity contribution in [2.45, 2.75) is 6.92 Å². The van der Waals surface area contributed by atoms with Gasteiger partial charge in [0.05, 0.1) is 11.4 Å². The molecule has 2 N–H and O–H groups in total. The monoisotopic (exact) mass is 360 g/mol. The van der Waals surface area contributed by atoms with Crippen molar-refractivity contribution >= 4 is 23.0 Å². The molecule has 0 saturated carbocycles. The molecule has 0 spiro atoms. The summed E-state index contributed by atoms with van der Waals surface area (Å²) in [6.07, 6.45) is 0. The molecule has 3 rings (SSSR count). The van der Waals surface area contributed by atoms with Gasteiger partial charge in [-0.05, 0) is 38.3 Å². The Morgan fingerprint density at radius 1 is 1.08 bits per heavy atom. The van der Waals surface area contributed by atoms with Crippen LogP contribution in [-0.2, 0) is 7.05 Å². The predicted molar refractivity (Wildman–Crippen MR) is 104 cm³/mol. The van der Waals surface area contributed by atoms with Crippen LogP contribution in [0.3, 0.4) is 0 Å². The SMILES string of the molecule is Cc1c(NC(=S)NN2CCN(C)CC2)c(=O)n(-c2ccccc2)n1C. The van der Waals surface area contributed by atoms with E-state index in [1.54, 1.807) is 4.68 Å². The van der Waals surface area contributed by atoms with E-state index in [4.69, 9.17) is 12.2 Å². The third-order valence-corrected chi connectivity index (χ3v) is 4.75. The molecule has 0 aliphatic carbocycles. The average molecular weight is 360 g/mol. The third kappa shape index (κ3) is 3.76. The molecule has 7 nitrogen and oxygen atoms in total. The summed E-state index contributed by atoms with van der Waals surface area (Å²) >= 11 is 5.40. The van der Waals surface area contributed by atoms with Gasteiger partial charge < -0.3 is 10.2 Å². The van der Waals surface area contributed by atoms with E-state index in [1.165, 1.54) is 0 Å². The van der Waals surface area contributed by atoms with Gasteiger partial charge in [-0.2, -0.15) is 0 Å². The number of likely N-dealkylation sites (N-methyl/N-ethyl adjacent to an activating group) is 1. The lowest BCUT2D eigenvalue weighted by molar-refractivity contribution is 0.131. The molecule has 1 aliphatic rings. The number of rotatable bonds is 3. The summed E-state index contributed by atoms with van der Waals surface area (Å²) in [7, 11) is 3.97. The van der Waals surface area contributed by atoms with E-state index in [2.05, 4.69) is 27.7 Å². The second-order valence-electron chi connectivity index (χ2n) is 6.29. The van der Waals surface area contributed by atoms with Crippen LogP contribution < -0.4 is 16.3 Å². The molecular formula is C17H24N6OS. The van der Waals surface area contributed by atoms with Crippen LogP contribution in [0.25, 0.3) is 5.69 Å². The molecule has 0 unspecified atom stereocenters. The van der Waals surface area contributed by atoms with Crippen molar-refractivity contribution in [3.05, 3.63) is 46.4 Å². The molecule has 0 bridgehead atoms. The molecule has 0 amide bonds. The van der Waals surface area contributed by atoms with Crippen LogP contribution in [0.15, 0.2) is 35.1 Å². The Balaban J connectivity index is 1.77. The summed E-state index contributed by atoms with van der Waals surface area (Å²) in [5, 5.41) is 5.59. The molecule has 8 heteroatoms. The molecule has 0 atom stereocenters. The second kappa shape index (κ2) is 7.38. The molecule has 1 saturated heterocycles. The van der Waals surface area contributed by atoms with Crippen LogP contribution in [-0.4, -0.2) is 57.6 Å². The fraction of sp³-hybridized carbons (Fsp3) is 0.412. The first kappa shape index (κ1) is 17.7. The summed E-state index contributed by atoms with van der Waals surface area (Å²) in [4.78, 5) is 15.1. The number of hydrazine groups is 1. The Labute approximate surface area is 152 Å². The van der Waals surface area contributed by atoms with Crippen LogP contribution >= 0.6 is 12.2 Å². The second-order valence-corrected chi connectivity index (χ2v) is 6.70. The van der Waals surface area contributed by atoms with Crippen molar-refractivity contribution in [2.75, 3.05) is 38.5 Å². The Morgan fingerprint density at radius 2 is 1.72 bits per heavy atom. The van der Waals surface area contributed by atoms with Crippen LogP contribution in [0.1, 0.15) is 5.69 Å². The van der Waals surface area contributed by atoms with Gasteiger partial charge in [0.2, 0.25) is 0 Å². The molecule has 1 aliphatic heterocycles. The Hall–Kier alpha value is -2.16. The van der Waals surface area contributed by atoms with Crippen molar-refractivity contribution in [3.8, 4) is 5.69 Å². The van der Waals surface area contributed by atoms with Gasteiger partial charge in [0.25, 0.3) is 5.56 Å². The maximum Gasteiger partial charge on any atom is 0.295 e. The molecule has 1 aromatic heterocycles. The van der Waals surface area contributed by atoms with Gasteiger partial charge in [0.1, 0.15) is 5.69 Å². The number of para-hydroxylation sites is 1. The van der Waals surface area contributed by atoms with Crippen LogP contribution in [0.2, 0.25) is 0 Å². The van der Waals surface area contributed by atoms with Gasteiger partial charge in [-0.25, -0.2) is 9.69 Å². The van der Waals surface area contributed by atoms with Gasteiger partial charge in [-0.1, -0.05) is 18.2 Å². The van der Waals surface area contributed by atoms with E-state index in [9.17, 15) is 4.79 Å². The highest BCUT2D eigenvalue weighted by Crippen LogP contribution is 2.13. The smallest absolute Gasteiger partial charge is 0.295 e. The standard InChI is InChI=1S/C17H24N6OS/c1-13-15(18-17(25)19-22-11-9-20(2)10-12-22)16(24)23(21(13)3)14-7-5-4-6-8-14/h4-8H,9-12H2,1-3H3,(H2,18,19,25). The van der Waals surface area contributed by atoms with Crippen LogP contribution in [0.5, 0.6) is 0 Å². The number of nitrogens with zero attached hydrogens (tertiary/aromatic N) is 4. The van der Waals surface area contributed by atoms with Gasteiger partial charge in [0, 0.05) is 33.2 Å². The van der Waals surface area contributed by atoms with E-state index in [-0.39, 0.29) is 5.56 Å². The Morgan fingerprint density at radius 3 is 2.36 bits per heavy atom. The number of hydrogen-bond acceptors (Lipinski definition) is 4. The zero-order chi connectivity index (χ0) is 18.0. The van der Waals surface area contributed by atoms with Crippen molar-refractivity contribution in [1.82, 2.24) is 24.7 Å². The first-order valence-electron chi connectivity index (χ1n) is 8.32. The number of benzene rings is 1. The first-order chi connectivity index (χ1) is 12.0.